The number of hydrogen-bond acceptors (Lipinski definition) is 2. The van der Waals surface area contributed by atoms with Crippen molar-refractivity contribution in [3.63, 3.8) is 0 Å². The molecular weight excluding hydrogens is 244 g/mol. The Morgan fingerprint density at radius 1 is 1.00 bits per heavy atom. The maximum atomic E-state index is 3.53. The summed E-state index contributed by atoms with van der Waals surface area (Å²) >= 11 is 0. The molecule has 0 fully saturated rings. The monoisotopic (exact) mass is 276 g/mol. The van der Waals surface area contributed by atoms with Gasteiger partial charge in [-0.2, -0.15) is 0 Å². The Morgan fingerprint density at radius 3 is 2.15 bits per heavy atom. The predicted molar refractivity (Wildman–Crippen MR) is 90.3 cm³/mol. The zero-order chi connectivity index (χ0) is 15.0. The molecule has 2 nitrogen and oxygen atoms in total. The lowest BCUT2D eigenvalue weighted by Crippen LogP contribution is -2.32. The molecule has 0 bridgehead atoms. The topological polar surface area (TPSA) is 15.3 Å². The molecule has 0 saturated heterocycles. The first-order valence-corrected chi connectivity index (χ1v) is 8.08. The van der Waals surface area contributed by atoms with Crippen LogP contribution in [0.25, 0.3) is 0 Å². The summed E-state index contributed by atoms with van der Waals surface area (Å²) < 4.78 is 0. The largest absolute Gasteiger partial charge is 0.371 e. The molecule has 1 aromatic carbocycles. The predicted octanol–water partition coefficient (Wildman–Crippen LogP) is 4.30. The van der Waals surface area contributed by atoms with Gasteiger partial charge >= 0.3 is 0 Å². The van der Waals surface area contributed by atoms with Crippen LogP contribution in [0.15, 0.2) is 24.3 Å². The highest BCUT2D eigenvalue weighted by Gasteiger charge is 2.13. The highest BCUT2D eigenvalue weighted by atomic mass is 15.1. The number of anilines is 1. The van der Waals surface area contributed by atoms with Gasteiger partial charge in [0.05, 0.1) is 0 Å². The average Bonchev–Trinajstić information content (AvgIpc) is 2.38. The molecule has 0 aliphatic heterocycles. The van der Waals surface area contributed by atoms with Crippen molar-refractivity contribution in [2.75, 3.05) is 24.5 Å². The number of para-hydroxylation sites is 1. The zero-order valence-corrected chi connectivity index (χ0v) is 13.9. The Hall–Kier alpha value is -1.02. The van der Waals surface area contributed by atoms with Gasteiger partial charge in [0.2, 0.25) is 0 Å². The van der Waals surface area contributed by atoms with Crippen LogP contribution in [0.5, 0.6) is 0 Å². The molecule has 0 unspecified atom stereocenters. The van der Waals surface area contributed by atoms with E-state index < -0.39 is 0 Å². The highest BCUT2D eigenvalue weighted by Crippen LogP contribution is 2.22. The standard InChI is InChI=1S/C18H32N2/c1-6-11-19-12-17-9-7-8-10-18(17)20(13-15(2)3)14-16(4)5/h7-10,15-16,19H,6,11-14H2,1-5H3. The van der Waals surface area contributed by atoms with E-state index in [0.29, 0.717) is 11.8 Å². The Labute approximate surface area is 125 Å². The summed E-state index contributed by atoms with van der Waals surface area (Å²) in [7, 11) is 0. The van der Waals surface area contributed by atoms with Gasteiger partial charge in [0.1, 0.15) is 0 Å². The Morgan fingerprint density at radius 2 is 1.60 bits per heavy atom. The molecule has 114 valence electrons. The summed E-state index contributed by atoms with van der Waals surface area (Å²) in [4.78, 5) is 2.55. The van der Waals surface area contributed by atoms with Gasteiger partial charge in [0.15, 0.2) is 0 Å². The molecule has 2 heteroatoms. The number of benzene rings is 1. The van der Waals surface area contributed by atoms with Crippen molar-refractivity contribution in [2.24, 2.45) is 11.8 Å². The minimum Gasteiger partial charge on any atom is -0.371 e. The SMILES string of the molecule is CCCNCc1ccccc1N(CC(C)C)CC(C)C. The number of nitrogens with one attached hydrogen (secondary N) is 1. The number of rotatable bonds is 9. The van der Waals surface area contributed by atoms with Gasteiger partial charge in [0, 0.05) is 25.3 Å². The summed E-state index contributed by atoms with van der Waals surface area (Å²) in [6.07, 6.45) is 1.18. The molecular formula is C18H32N2. The maximum absolute atomic E-state index is 3.53. The third-order valence-electron chi connectivity index (χ3n) is 3.25. The average molecular weight is 276 g/mol. The summed E-state index contributed by atoms with van der Waals surface area (Å²) in [5, 5.41) is 3.53. The van der Waals surface area contributed by atoms with Gasteiger partial charge in [-0.3, -0.25) is 0 Å². The van der Waals surface area contributed by atoms with Crippen molar-refractivity contribution in [1.29, 1.82) is 0 Å². The van der Waals surface area contributed by atoms with E-state index in [1.54, 1.807) is 0 Å². The van der Waals surface area contributed by atoms with Crippen LogP contribution < -0.4 is 10.2 Å². The van der Waals surface area contributed by atoms with Crippen molar-refractivity contribution in [1.82, 2.24) is 5.32 Å². The highest BCUT2D eigenvalue weighted by molar-refractivity contribution is 5.53. The van der Waals surface area contributed by atoms with E-state index >= 15 is 0 Å². The number of nitrogens with zero attached hydrogens (tertiary/aromatic N) is 1. The smallest absolute Gasteiger partial charge is 0.0412 e. The van der Waals surface area contributed by atoms with Crippen molar-refractivity contribution in [3.05, 3.63) is 29.8 Å². The molecule has 1 N–H and O–H groups in total. The van der Waals surface area contributed by atoms with Crippen LogP contribution in [0.2, 0.25) is 0 Å². The first-order valence-electron chi connectivity index (χ1n) is 8.08. The van der Waals surface area contributed by atoms with Gasteiger partial charge < -0.3 is 10.2 Å². The zero-order valence-electron chi connectivity index (χ0n) is 13.9. The van der Waals surface area contributed by atoms with E-state index in [9.17, 15) is 0 Å². The Balaban J connectivity index is 2.87. The van der Waals surface area contributed by atoms with Gasteiger partial charge in [-0.05, 0) is 36.4 Å². The second-order valence-electron chi connectivity index (χ2n) is 6.50. The van der Waals surface area contributed by atoms with Gasteiger partial charge in [-0.15, -0.1) is 0 Å². The van der Waals surface area contributed by atoms with Gasteiger partial charge in [0.25, 0.3) is 0 Å². The van der Waals surface area contributed by atoms with Gasteiger partial charge in [-0.1, -0.05) is 52.8 Å². The molecule has 0 saturated carbocycles. The first-order chi connectivity index (χ1) is 9.54. The van der Waals surface area contributed by atoms with E-state index in [-0.39, 0.29) is 0 Å². The maximum Gasteiger partial charge on any atom is 0.0412 e. The number of hydrogen-bond donors (Lipinski definition) is 1. The second kappa shape index (κ2) is 9.02. The van der Waals surface area contributed by atoms with E-state index in [4.69, 9.17) is 0 Å². The lowest BCUT2D eigenvalue weighted by molar-refractivity contribution is 0.550. The van der Waals surface area contributed by atoms with E-state index in [2.05, 4.69) is 69.1 Å². The van der Waals surface area contributed by atoms with E-state index in [1.807, 2.05) is 0 Å². The minimum absolute atomic E-state index is 0.686. The molecule has 0 aliphatic rings. The van der Waals surface area contributed by atoms with Gasteiger partial charge in [-0.25, -0.2) is 0 Å². The van der Waals surface area contributed by atoms with Crippen LogP contribution in [0.4, 0.5) is 5.69 Å². The molecule has 0 heterocycles. The molecule has 0 aliphatic carbocycles. The molecule has 0 atom stereocenters. The molecule has 0 amide bonds. The van der Waals surface area contributed by atoms with Crippen LogP contribution >= 0.6 is 0 Å². The van der Waals surface area contributed by atoms with Crippen LogP contribution in [0.3, 0.4) is 0 Å². The fraction of sp³-hybridized carbons (Fsp3) is 0.667. The Kier molecular flexibility index (Phi) is 7.68. The van der Waals surface area contributed by atoms with E-state index in [1.165, 1.54) is 17.7 Å². The molecule has 0 radical (unpaired) electrons. The van der Waals surface area contributed by atoms with E-state index in [0.717, 1.165) is 26.2 Å². The normalized spacial score (nSPS) is 11.3. The third kappa shape index (κ3) is 5.96. The summed E-state index contributed by atoms with van der Waals surface area (Å²) in [5.74, 6) is 1.37. The third-order valence-corrected chi connectivity index (χ3v) is 3.25. The fourth-order valence-corrected chi connectivity index (χ4v) is 2.52. The van der Waals surface area contributed by atoms with Crippen LogP contribution in [0, 0.1) is 11.8 Å². The van der Waals surface area contributed by atoms with Crippen molar-refractivity contribution < 1.29 is 0 Å². The molecule has 0 spiro atoms. The lowest BCUT2D eigenvalue weighted by Gasteiger charge is -2.30. The molecule has 0 aromatic heterocycles. The summed E-state index contributed by atoms with van der Waals surface area (Å²) in [6.45, 7) is 15.7. The molecule has 1 aromatic rings. The second-order valence-corrected chi connectivity index (χ2v) is 6.50. The summed E-state index contributed by atoms with van der Waals surface area (Å²) in [5.41, 5.74) is 2.82. The fourth-order valence-electron chi connectivity index (χ4n) is 2.52. The molecule has 1 rings (SSSR count). The van der Waals surface area contributed by atoms with Crippen molar-refractivity contribution in [3.8, 4) is 0 Å². The van der Waals surface area contributed by atoms with Crippen LogP contribution in [-0.2, 0) is 6.54 Å². The lowest BCUT2D eigenvalue weighted by atomic mass is 10.1. The minimum atomic E-state index is 0.686. The molecule has 20 heavy (non-hydrogen) atoms. The van der Waals surface area contributed by atoms with Crippen molar-refractivity contribution in [2.45, 2.75) is 47.6 Å². The Bertz CT molecular complexity index is 361. The van der Waals surface area contributed by atoms with Crippen LogP contribution in [0.1, 0.15) is 46.6 Å². The first kappa shape index (κ1) is 17.0. The summed E-state index contributed by atoms with van der Waals surface area (Å²) in [6, 6.07) is 8.83. The van der Waals surface area contributed by atoms with Crippen molar-refractivity contribution >= 4 is 5.69 Å². The van der Waals surface area contributed by atoms with Crippen LogP contribution in [-0.4, -0.2) is 19.6 Å². The quantitative estimate of drug-likeness (QED) is 0.676.